The Kier molecular flexibility index (Phi) is 6.42. The maximum atomic E-state index is 12.6. The molecule has 6 heteroatoms. The lowest BCUT2D eigenvalue weighted by Gasteiger charge is -2.18. The summed E-state index contributed by atoms with van der Waals surface area (Å²) in [4.78, 5) is 17.9. The average Bonchev–Trinajstić information content (AvgIpc) is 3.06. The standard InChI is InChI=1S/C21H23Cl2N3O/c1-26(2)10-9-24-21(27)12-16(14-7-8-18(22)19(23)11-14)17-13-25-20-6-4-3-5-15(17)20/h3-8,11,13,16,25H,9-10,12H2,1-2H3,(H,24,27)/t16-/m0/s1. The Morgan fingerprint density at radius 1 is 1.15 bits per heavy atom. The Morgan fingerprint density at radius 3 is 2.67 bits per heavy atom. The number of likely N-dealkylation sites (N-methyl/N-ethyl adjacent to an activating group) is 1. The first-order valence-electron chi connectivity index (χ1n) is 8.88. The molecule has 3 aromatic rings. The fourth-order valence-corrected chi connectivity index (χ4v) is 3.50. The Labute approximate surface area is 169 Å². The number of aromatic nitrogens is 1. The van der Waals surface area contributed by atoms with Crippen LogP contribution < -0.4 is 5.32 Å². The maximum Gasteiger partial charge on any atom is 0.220 e. The van der Waals surface area contributed by atoms with Gasteiger partial charge in [-0.1, -0.05) is 47.5 Å². The van der Waals surface area contributed by atoms with Gasteiger partial charge in [0.05, 0.1) is 10.0 Å². The van der Waals surface area contributed by atoms with Crippen molar-refractivity contribution in [3.05, 3.63) is 69.8 Å². The minimum atomic E-state index is -0.115. The quantitative estimate of drug-likeness (QED) is 0.601. The number of nitrogens with zero attached hydrogens (tertiary/aromatic N) is 1. The summed E-state index contributed by atoms with van der Waals surface area (Å²) in [6.07, 6.45) is 2.32. The van der Waals surface area contributed by atoms with E-state index in [1.54, 1.807) is 6.07 Å². The Balaban J connectivity index is 1.91. The molecule has 0 saturated carbocycles. The van der Waals surface area contributed by atoms with Gasteiger partial charge < -0.3 is 15.2 Å². The zero-order valence-corrected chi connectivity index (χ0v) is 16.9. The minimum Gasteiger partial charge on any atom is -0.361 e. The number of amides is 1. The van der Waals surface area contributed by atoms with Crippen LogP contribution in [0.15, 0.2) is 48.7 Å². The molecule has 1 aromatic heterocycles. The van der Waals surface area contributed by atoms with Crippen LogP contribution >= 0.6 is 23.2 Å². The third-order valence-electron chi connectivity index (χ3n) is 4.61. The summed E-state index contributed by atoms with van der Waals surface area (Å²) in [5.74, 6) is -0.103. The molecule has 0 aliphatic heterocycles. The second kappa shape index (κ2) is 8.79. The average molecular weight is 404 g/mol. The number of fused-ring (bicyclic) bond motifs is 1. The van der Waals surface area contributed by atoms with E-state index >= 15 is 0 Å². The highest BCUT2D eigenvalue weighted by Gasteiger charge is 2.22. The number of halogens is 2. The number of H-pyrrole nitrogens is 1. The number of para-hydroxylation sites is 1. The van der Waals surface area contributed by atoms with Gasteiger partial charge in [0.25, 0.3) is 0 Å². The van der Waals surface area contributed by atoms with Crippen LogP contribution in [0.4, 0.5) is 0 Å². The van der Waals surface area contributed by atoms with Crippen LogP contribution in [-0.4, -0.2) is 43.0 Å². The third-order valence-corrected chi connectivity index (χ3v) is 5.35. The second-order valence-corrected chi connectivity index (χ2v) is 7.69. The lowest BCUT2D eigenvalue weighted by atomic mass is 9.88. The summed E-state index contributed by atoms with van der Waals surface area (Å²) in [5.41, 5.74) is 3.09. The molecule has 1 atom stereocenters. The molecule has 142 valence electrons. The van der Waals surface area contributed by atoms with Crippen molar-refractivity contribution in [2.75, 3.05) is 27.2 Å². The van der Waals surface area contributed by atoms with Crippen LogP contribution in [-0.2, 0) is 4.79 Å². The number of hydrogen-bond acceptors (Lipinski definition) is 2. The zero-order chi connectivity index (χ0) is 19.4. The SMILES string of the molecule is CN(C)CCNC(=O)C[C@@H](c1ccc(Cl)c(Cl)c1)c1c[nH]c2ccccc12. The molecule has 27 heavy (non-hydrogen) atoms. The van der Waals surface area contributed by atoms with Gasteiger partial charge in [0.1, 0.15) is 0 Å². The summed E-state index contributed by atoms with van der Waals surface area (Å²) in [5, 5.41) is 5.11. The highest BCUT2D eigenvalue weighted by Crippen LogP contribution is 2.35. The molecular weight excluding hydrogens is 381 g/mol. The van der Waals surface area contributed by atoms with Crippen molar-refractivity contribution in [3.63, 3.8) is 0 Å². The number of carbonyl (C=O) groups excluding carboxylic acids is 1. The summed E-state index contributed by atoms with van der Waals surface area (Å²) in [6.45, 7) is 1.42. The van der Waals surface area contributed by atoms with Crippen LogP contribution in [0.1, 0.15) is 23.5 Å². The molecule has 0 fully saturated rings. The van der Waals surface area contributed by atoms with Gasteiger partial charge in [-0.05, 0) is 43.4 Å². The molecule has 2 N–H and O–H groups in total. The molecule has 0 aliphatic rings. The van der Waals surface area contributed by atoms with E-state index in [-0.39, 0.29) is 11.8 Å². The number of benzene rings is 2. The van der Waals surface area contributed by atoms with E-state index in [1.165, 1.54) is 0 Å². The van der Waals surface area contributed by atoms with Crippen LogP contribution in [0.3, 0.4) is 0 Å². The maximum absolute atomic E-state index is 12.6. The third kappa shape index (κ3) is 4.83. The van der Waals surface area contributed by atoms with Gasteiger partial charge in [-0.15, -0.1) is 0 Å². The molecule has 0 aliphatic carbocycles. The van der Waals surface area contributed by atoms with Crippen LogP contribution in [0.2, 0.25) is 10.0 Å². The largest absolute Gasteiger partial charge is 0.361 e. The van der Waals surface area contributed by atoms with E-state index in [0.717, 1.165) is 28.6 Å². The topological polar surface area (TPSA) is 48.1 Å². The van der Waals surface area contributed by atoms with Crippen molar-refractivity contribution in [3.8, 4) is 0 Å². The van der Waals surface area contributed by atoms with E-state index in [2.05, 4.69) is 16.4 Å². The van der Waals surface area contributed by atoms with E-state index < -0.39 is 0 Å². The molecule has 3 rings (SSSR count). The van der Waals surface area contributed by atoms with Gasteiger partial charge in [-0.2, -0.15) is 0 Å². The minimum absolute atomic E-state index is 0.0122. The van der Waals surface area contributed by atoms with E-state index in [0.29, 0.717) is 23.0 Å². The molecule has 0 unspecified atom stereocenters. The molecule has 0 radical (unpaired) electrons. The zero-order valence-electron chi connectivity index (χ0n) is 15.4. The van der Waals surface area contributed by atoms with E-state index in [1.807, 2.05) is 55.5 Å². The molecule has 4 nitrogen and oxygen atoms in total. The summed E-state index contributed by atoms with van der Waals surface area (Å²) >= 11 is 12.3. The predicted molar refractivity (Wildman–Crippen MR) is 113 cm³/mol. The predicted octanol–water partition coefficient (Wildman–Crippen LogP) is 4.67. The molecule has 0 saturated heterocycles. The highest BCUT2D eigenvalue weighted by molar-refractivity contribution is 6.42. The van der Waals surface area contributed by atoms with Crippen molar-refractivity contribution in [1.82, 2.24) is 15.2 Å². The summed E-state index contributed by atoms with van der Waals surface area (Å²) in [7, 11) is 3.97. The lowest BCUT2D eigenvalue weighted by molar-refractivity contribution is -0.121. The van der Waals surface area contributed by atoms with Gasteiger partial charge in [0.2, 0.25) is 5.91 Å². The fourth-order valence-electron chi connectivity index (χ4n) is 3.20. The van der Waals surface area contributed by atoms with Crippen LogP contribution in [0.5, 0.6) is 0 Å². The van der Waals surface area contributed by atoms with Crippen molar-refractivity contribution in [2.24, 2.45) is 0 Å². The Morgan fingerprint density at radius 2 is 1.93 bits per heavy atom. The van der Waals surface area contributed by atoms with Gasteiger partial charge >= 0.3 is 0 Å². The number of rotatable bonds is 7. The molecular formula is C21H23Cl2N3O. The highest BCUT2D eigenvalue weighted by atomic mass is 35.5. The Hall–Kier alpha value is -2.01. The number of nitrogens with one attached hydrogen (secondary N) is 2. The van der Waals surface area contributed by atoms with Crippen LogP contribution in [0, 0.1) is 0 Å². The lowest BCUT2D eigenvalue weighted by Crippen LogP contribution is -2.32. The molecule has 1 heterocycles. The van der Waals surface area contributed by atoms with Gasteiger partial charge in [0, 0.05) is 42.5 Å². The van der Waals surface area contributed by atoms with Crippen molar-refractivity contribution >= 4 is 40.0 Å². The van der Waals surface area contributed by atoms with Crippen molar-refractivity contribution in [2.45, 2.75) is 12.3 Å². The first-order chi connectivity index (χ1) is 13.0. The first-order valence-corrected chi connectivity index (χ1v) is 9.63. The monoisotopic (exact) mass is 403 g/mol. The van der Waals surface area contributed by atoms with Gasteiger partial charge in [-0.25, -0.2) is 0 Å². The first kappa shape index (κ1) is 19.7. The summed E-state index contributed by atoms with van der Waals surface area (Å²) < 4.78 is 0. The van der Waals surface area contributed by atoms with Gasteiger partial charge in [0.15, 0.2) is 0 Å². The number of hydrogen-bond donors (Lipinski definition) is 2. The number of aromatic amines is 1. The second-order valence-electron chi connectivity index (χ2n) is 6.87. The molecule has 2 aromatic carbocycles. The van der Waals surface area contributed by atoms with Crippen LogP contribution in [0.25, 0.3) is 10.9 Å². The smallest absolute Gasteiger partial charge is 0.220 e. The van der Waals surface area contributed by atoms with E-state index in [9.17, 15) is 4.79 Å². The van der Waals surface area contributed by atoms with E-state index in [4.69, 9.17) is 23.2 Å². The van der Waals surface area contributed by atoms with Crippen molar-refractivity contribution < 1.29 is 4.79 Å². The number of carbonyl (C=O) groups is 1. The fraction of sp³-hybridized carbons (Fsp3) is 0.286. The Bertz CT molecular complexity index is 936. The molecule has 0 bridgehead atoms. The molecule has 0 spiro atoms. The normalized spacial score (nSPS) is 12.5. The molecule has 1 amide bonds. The summed E-state index contributed by atoms with van der Waals surface area (Å²) in [6, 6.07) is 13.7. The van der Waals surface area contributed by atoms with Gasteiger partial charge in [-0.3, -0.25) is 4.79 Å². The van der Waals surface area contributed by atoms with Crippen molar-refractivity contribution in [1.29, 1.82) is 0 Å².